The highest BCUT2D eigenvalue weighted by Gasteiger charge is 2.09. The molecule has 2 nitrogen and oxygen atoms in total. The lowest BCUT2D eigenvalue weighted by molar-refractivity contribution is 0.0984. The van der Waals surface area contributed by atoms with Crippen molar-refractivity contribution in [3.05, 3.63) is 29.8 Å². The highest BCUT2D eigenvalue weighted by atomic mass is 32.2. The SMILES string of the molecule is CCC(=O)c1ccccc1OCCSC. The Balaban J connectivity index is 2.73. The summed E-state index contributed by atoms with van der Waals surface area (Å²) in [7, 11) is 0. The Hall–Kier alpha value is -0.960. The zero-order valence-electron chi connectivity index (χ0n) is 9.16. The largest absolute Gasteiger partial charge is 0.492 e. The van der Waals surface area contributed by atoms with Gasteiger partial charge in [0.1, 0.15) is 5.75 Å². The van der Waals surface area contributed by atoms with E-state index in [1.165, 1.54) is 0 Å². The van der Waals surface area contributed by atoms with Crippen LogP contribution in [0.1, 0.15) is 23.7 Å². The van der Waals surface area contributed by atoms with Gasteiger partial charge in [-0.3, -0.25) is 4.79 Å². The van der Waals surface area contributed by atoms with Crippen molar-refractivity contribution in [3.63, 3.8) is 0 Å². The standard InChI is InChI=1S/C12H16O2S/c1-3-11(13)10-6-4-5-7-12(10)14-8-9-15-2/h4-7H,3,8-9H2,1-2H3. The van der Waals surface area contributed by atoms with Crippen LogP contribution in [0.2, 0.25) is 0 Å². The minimum atomic E-state index is 0.134. The van der Waals surface area contributed by atoms with E-state index in [4.69, 9.17) is 4.74 Å². The second-order valence-corrected chi connectivity index (χ2v) is 4.10. The molecule has 0 saturated carbocycles. The average molecular weight is 224 g/mol. The fourth-order valence-corrected chi connectivity index (χ4v) is 1.50. The summed E-state index contributed by atoms with van der Waals surface area (Å²) < 4.78 is 5.56. The van der Waals surface area contributed by atoms with Gasteiger partial charge in [0.25, 0.3) is 0 Å². The summed E-state index contributed by atoms with van der Waals surface area (Å²) in [6.07, 6.45) is 2.55. The molecule has 0 spiro atoms. The Morgan fingerprint density at radius 1 is 1.40 bits per heavy atom. The van der Waals surface area contributed by atoms with E-state index in [1.807, 2.05) is 37.4 Å². The Bertz CT molecular complexity index is 323. The summed E-state index contributed by atoms with van der Waals surface area (Å²) in [5.74, 6) is 1.78. The van der Waals surface area contributed by atoms with Crippen LogP contribution in [0.15, 0.2) is 24.3 Å². The molecule has 0 amide bonds. The van der Waals surface area contributed by atoms with E-state index >= 15 is 0 Å². The van der Waals surface area contributed by atoms with E-state index in [2.05, 4.69) is 0 Å². The number of ether oxygens (including phenoxy) is 1. The summed E-state index contributed by atoms with van der Waals surface area (Å²) in [4.78, 5) is 11.6. The smallest absolute Gasteiger partial charge is 0.166 e. The van der Waals surface area contributed by atoms with Gasteiger partial charge in [0.05, 0.1) is 12.2 Å². The second-order valence-electron chi connectivity index (χ2n) is 3.11. The number of para-hydroxylation sites is 1. The number of rotatable bonds is 6. The lowest BCUT2D eigenvalue weighted by Crippen LogP contribution is -2.05. The van der Waals surface area contributed by atoms with Crippen molar-refractivity contribution in [1.82, 2.24) is 0 Å². The van der Waals surface area contributed by atoms with Crippen LogP contribution in [-0.4, -0.2) is 24.4 Å². The zero-order valence-corrected chi connectivity index (χ0v) is 9.97. The van der Waals surface area contributed by atoms with Crippen molar-refractivity contribution in [2.24, 2.45) is 0 Å². The Labute approximate surface area is 95.0 Å². The fraction of sp³-hybridized carbons (Fsp3) is 0.417. The van der Waals surface area contributed by atoms with Gasteiger partial charge in [0, 0.05) is 12.2 Å². The van der Waals surface area contributed by atoms with Crippen molar-refractivity contribution in [2.45, 2.75) is 13.3 Å². The number of carbonyl (C=O) groups is 1. The molecule has 15 heavy (non-hydrogen) atoms. The van der Waals surface area contributed by atoms with E-state index < -0.39 is 0 Å². The molecule has 0 fully saturated rings. The maximum Gasteiger partial charge on any atom is 0.166 e. The van der Waals surface area contributed by atoms with Crippen LogP contribution in [-0.2, 0) is 0 Å². The number of benzene rings is 1. The molecule has 0 aliphatic carbocycles. The maximum atomic E-state index is 11.6. The van der Waals surface area contributed by atoms with E-state index in [0.717, 1.165) is 5.75 Å². The maximum absolute atomic E-state index is 11.6. The van der Waals surface area contributed by atoms with Gasteiger partial charge in [-0.1, -0.05) is 19.1 Å². The molecule has 3 heteroatoms. The van der Waals surface area contributed by atoms with Crippen LogP contribution in [0.3, 0.4) is 0 Å². The molecule has 0 heterocycles. The molecular weight excluding hydrogens is 208 g/mol. The average Bonchev–Trinajstić information content (AvgIpc) is 2.29. The first-order valence-electron chi connectivity index (χ1n) is 5.03. The molecule has 0 bridgehead atoms. The summed E-state index contributed by atoms with van der Waals surface area (Å²) in [6, 6.07) is 7.43. The quantitative estimate of drug-likeness (QED) is 0.549. The van der Waals surface area contributed by atoms with Crippen LogP contribution in [0, 0.1) is 0 Å². The normalized spacial score (nSPS) is 10.0. The minimum absolute atomic E-state index is 0.134. The molecule has 0 unspecified atom stereocenters. The highest BCUT2D eigenvalue weighted by molar-refractivity contribution is 7.98. The zero-order chi connectivity index (χ0) is 11.1. The molecule has 0 radical (unpaired) electrons. The van der Waals surface area contributed by atoms with E-state index in [-0.39, 0.29) is 5.78 Å². The minimum Gasteiger partial charge on any atom is -0.492 e. The molecule has 0 N–H and O–H groups in total. The van der Waals surface area contributed by atoms with Gasteiger partial charge in [0.15, 0.2) is 5.78 Å². The molecule has 0 aliphatic heterocycles. The van der Waals surface area contributed by atoms with Gasteiger partial charge in [-0.2, -0.15) is 11.8 Å². The van der Waals surface area contributed by atoms with Gasteiger partial charge in [-0.25, -0.2) is 0 Å². The van der Waals surface area contributed by atoms with Gasteiger partial charge in [-0.15, -0.1) is 0 Å². The monoisotopic (exact) mass is 224 g/mol. The second kappa shape index (κ2) is 6.51. The topological polar surface area (TPSA) is 26.3 Å². The molecule has 0 aliphatic rings. The van der Waals surface area contributed by atoms with Crippen LogP contribution in [0.4, 0.5) is 0 Å². The highest BCUT2D eigenvalue weighted by Crippen LogP contribution is 2.19. The summed E-state index contributed by atoms with van der Waals surface area (Å²) in [6.45, 7) is 2.51. The summed E-state index contributed by atoms with van der Waals surface area (Å²) in [5, 5.41) is 0. The van der Waals surface area contributed by atoms with Gasteiger partial charge < -0.3 is 4.74 Å². The van der Waals surface area contributed by atoms with Crippen molar-refractivity contribution < 1.29 is 9.53 Å². The van der Waals surface area contributed by atoms with Crippen LogP contribution < -0.4 is 4.74 Å². The first-order chi connectivity index (χ1) is 7.29. The number of carbonyl (C=O) groups excluding carboxylic acids is 1. The lowest BCUT2D eigenvalue weighted by Gasteiger charge is -2.09. The van der Waals surface area contributed by atoms with E-state index in [0.29, 0.717) is 24.3 Å². The predicted octanol–water partition coefficient (Wildman–Crippen LogP) is 3.02. The van der Waals surface area contributed by atoms with E-state index in [9.17, 15) is 4.79 Å². The molecule has 0 atom stereocenters. The third kappa shape index (κ3) is 3.59. The lowest BCUT2D eigenvalue weighted by atomic mass is 10.1. The number of ketones is 1. The summed E-state index contributed by atoms with van der Waals surface area (Å²) in [5.41, 5.74) is 0.695. The van der Waals surface area contributed by atoms with Crippen LogP contribution in [0.5, 0.6) is 5.75 Å². The third-order valence-corrected chi connectivity index (χ3v) is 2.63. The van der Waals surface area contributed by atoms with Gasteiger partial charge >= 0.3 is 0 Å². The Morgan fingerprint density at radius 3 is 2.80 bits per heavy atom. The number of thioether (sulfide) groups is 1. The molecule has 82 valence electrons. The Kier molecular flexibility index (Phi) is 5.26. The van der Waals surface area contributed by atoms with Crippen molar-refractivity contribution in [3.8, 4) is 5.75 Å². The summed E-state index contributed by atoms with van der Waals surface area (Å²) >= 11 is 1.73. The Morgan fingerprint density at radius 2 is 2.13 bits per heavy atom. The molecule has 0 saturated heterocycles. The molecule has 1 aromatic rings. The number of hydrogen-bond donors (Lipinski definition) is 0. The van der Waals surface area contributed by atoms with Gasteiger partial charge in [-0.05, 0) is 18.4 Å². The predicted molar refractivity (Wildman–Crippen MR) is 64.9 cm³/mol. The van der Waals surface area contributed by atoms with Crippen molar-refractivity contribution in [1.29, 1.82) is 0 Å². The fourth-order valence-electron chi connectivity index (χ4n) is 1.25. The first-order valence-corrected chi connectivity index (χ1v) is 6.43. The molecule has 1 rings (SSSR count). The molecule has 1 aromatic carbocycles. The number of Topliss-reactive ketones (excluding diaryl/α,β-unsaturated/α-hetero) is 1. The van der Waals surface area contributed by atoms with E-state index in [1.54, 1.807) is 11.8 Å². The van der Waals surface area contributed by atoms with Crippen LogP contribution >= 0.6 is 11.8 Å². The number of hydrogen-bond acceptors (Lipinski definition) is 3. The first kappa shape index (κ1) is 12.1. The van der Waals surface area contributed by atoms with Crippen molar-refractivity contribution >= 4 is 17.5 Å². The van der Waals surface area contributed by atoms with Crippen LogP contribution in [0.25, 0.3) is 0 Å². The molecular formula is C12H16O2S. The van der Waals surface area contributed by atoms with Gasteiger partial charge in [0.2, 0.25) is 0 Å². The third-order valence-electron chi connectivity index (χ3n) is 2.05. The molecule has 0 aromatic heterocycles. The van der Waals surface area contributed by atoms with Crippen molar-refractivity contribution in [2.75, 3.05) is 18.6 Å².